The van der Waals surface area contributed by atoms with Gasteiger partial charge >= 0.3 is 0 Å². The van der Waals surface area contributed by atoms with Crippen LogP contribution in [-0.4, -0.2) is 66.0 Å². The van der Waals surface area contributed by atoms with Crippen molar-refractivity contribution in [3.05, 3.63) is 59.2 Å². The van der Waals surface area contributed by atoms with E-state index < -0.39 is 12.3 Å². The smallest absolute Gasteiger partial charge is 0.253 e. The zero-order valence-electron chi connectivity index (χ0n) is 26.4. The number of rotatable bonds is 12. The average molecular weight is 609 g/mol. The molecule has 7 nitrogen and oxygen atoms in total. The SMILES string of the molecule is COCCN(CCCCCC[C@@H]1Cc2cc(O)ccc2C2C1C1CC[C@H](O)[C@@]1(C)C[C@@H]2F)C(=O)c1ccc(NC(C)=O)cc1. The minimum atomic E-state index is -0.989. The number of phenolic OH excluding ortho intramolecular Hbond substituents is 1. The zero-order chi connectivity index (χ0) is 31.4. The molecule has 3 aliphatic rings. The van der Waals surface area contributed by atoms with E-state index in [1.54, 1.807) is 37.4 Å². The van der Waals surface area contributed by atoms with Gasteiger partial charge in [0.2, 0.25) is 5.91 Å². The van der Waals surface area contributed by atoms with E-state index in [-0.39, 0.29) is 34.8 Å². The summed E-state index contributed by atoms with van der Waals surface area (Å²) >= 11 is 0. The molecule has 8 heteroatoms. The molecule has 44 heavy (non-hydrogen) atoms. The van der Waals surface area contributed by atoms with Gasteiger partial charge in [0.05, 0.1) is 12.7 Å². The molecule has 0 aromatic heterocycles. The highest BCUT2D eigenvalue weighted by Gasteiger charge is 2.59. The fourth-order valence-electron chi connectivity index (χ4n) is 8.69. The molecule has 0 bridgehead atoms. The fraction of sp³-hybridized carbons (Fsp3) is 0.611. The third-order valence-electron chi connectivity index (χ3n) is 10.8. The zero-order valence-corrected chi connectivity index (χ0v) is 26.4. The number of methoxy groups -OCH3 is 1. The number of carbonyl (C=O) groups is 2. The number of anilines is 1. The molecule has 3 aliphatic carbocycles. The summed E-state index contributed by atoms with van der Waals surface area (Å²) in [6.07, 6.45) is 6.47. The number of hydrogen-bond donors (Lipinski definition) is 3. The number of benzene rings is 2. The molecular weight excluding hydrogens is 559 g/mol. The molecule has 0 radical (unpaired) electrons. The largest absolute Gasteiger partial charge is 0.508 e. The van der Waals surface area contributed by atoms with Crippen LogP contribution in [0, 0.1) is 23.2 Å². The van der Waals surface area contributed by atoms with E-state index in [4.69, 9.17) is 4.74 Å². The number of nitrogens with zero attached hydrogens (tertiary/aromatic N) is 1. The number of unbranched alkanes of at least 4 members (excludes halogenated alkanes) is 3. The summed E-state index contributed by atoms with van der Waals surface area (Å²) in [5, 5.41) is 23.8. The summed E-state index contributed by atoms with van der Waals surface area (Å²) in [6.45, 7) is 5.17. The van der Waals surface area contributed by atoms with Gasteiger partial charge in [0, 0.05) is 44.3 Å². The Morgan fingerprint density at radius 2 is 1.82 bits per heavy atom. The summed E-state index contributed by atoms with van der Waals surface area (Å²) < 4.78 is 21.3. The number of alkyl halides is 1. The molecule has 0 saturated heterocycles. The van der Waals surface area contributed by atoms with Gasteiger partial charge in [0.1, 0.15) is 11.9 Å². The second-order valence-electron chi connectivity index (χ2n) is 13.6. The van der Waals surface area contributed by atoms with Crippen LogP contribution in [0.4, 0.5) is 10.1 Å². The van der Waals surface area contributed by atoms with Gasteiger partial charge in [0.25, 0.3) is 5.91 Å². The molecule has 0 aliphatic heterocycles. The second kappa shape index (κ2) is 14.0. The minimum Gasteiger partial charge on any atom is -0.508 e. The van der Waals surface area contributed by atoms with Gasteiger partial charge in [-0.1, -0.05) is 32.3 Å². The Labute approximate surface area is 261 Å². The van der Waals surface area contributed by atoms with E-state index in [0.29, 0.717) is 49.2 Å². The van der Waals surface area contributed by atoms with Crippen LogP contribution >= 0.6 is 0 Å². The summed E-state index contributed by atoms with van der Waals surface area (Å²) in [5.74, 6) is 0.713. The average Bonchev–Trinajstić information content (AvgIpc) is 3.28. The summed E-state index contributed by atoms with van der Waals surface area (Å²) in [6, 6.07) is 12.4. The number of amides is 2. The number of carbonyl (C=O) groups excluding carboxylic acids is 2. The van der Waals surface area contributed by atoms with Crippen LogP contribution < -0.4 is 5.32 Å². The Hall–Kier alpha value is -2.97. The molecule has 3 N–H and O–H groups in total. The van der Waals surface area contributed by atoms with Crippen LogP contribution in [0.25, 0.3) is 0 Å². The Kier molecular flexibility index (Phi) is 10.3. The van der Waals surface area contributed by atoms with Gasteiger partial charge in [0.15, 0.2) is 0 Å². The predicted octanol–water partition coefficient (Wildman–Crippen LogP) is 6.48. The number of aromatic hydroxyl groups is 1. The third kappa shape index (κ3) is 6.81. The van der Waals surface area contributed by atoms with Crippen LogP contribution in [0.5, 0.6) is 5.75 Å². The van der Waals surface area contributed by atoms with Crippen molar-refractivity contribution < 1.29 is 28.9 Å². The molecule has 0 spiro atoms. The monoisotopic (exact) mass is 608 g/mol. The fourth-order valence-corrected chi connectivity index (χ4v) is 8.69. The van der Waals surface area contributed by atoms with E-state index in [1.807, 2.05) is 17.0 Å². The van der Waals surface area contributed by atoms with Gasteiger partial charge in [-0.2, -0.15) is 0 Å². The van der Waals surface area contributed by atoms with Crippen LogP contribution in [0.3, 0.4) is 0 Å². The molecule has 2 aromatic carbocycles. The van der Waals surface area contributed by atoms with E-state index in [9.17, 15) is 19.8 Å². The molecule has 0 heterocycles. The Balaban J connectivity index is 1.18. The van der Waals surface area contributed by atoms with Crippen LogP contribution in [0.1, 0.15) is 92.6 Å². The maximum Gasteiger partial charge on any atom is 0.253 e. The highest BCUT2D eigenvalue weighted by Crippen LogP contribution is 2.63. The molecule has 3 unspecified atom stereocenters. The van der Waals surface area contributed by atoms with Crippen molar-refractivity contribution in [1.82, 2.24) is 4.90 Å². The van der Waals surface area contributed by atoms with Crippen molar-refractivity contribution in [3.63, 3.8) is 0 Å². The number of ether oxygens (including phenoxy) is 1. The summed E-state index contributed by atoms with van der Waals surface area (Å²) in [4.78, 5) is 26.4. The Bertz CT molecular complexity index is 1300. The quantitative estimate of drug-likeness (QED) is 0.240. The van der Waals surface area contributed by atoms with E-state index in [1.165, 1.54) is 6.92 Å². The van der Waals surface area contributed by atoms with E-state index >= 15 is 4.39 Å². The topological polar surface area (TPSA) is 99.1 Å². The van der Waals surface area contributed by atoms with Crippen molar-refractivity contribution in [3.8, 4) is 5.75 Å². The lowest BCUT2D eigenvalue weighted by molar-refractivity contribution is -0.114. The molecule has 2 saturated carbocycles. The highest BCUT2D eigenvalue weighted by molar-refractivity contribution is 5.95. The van der Waals surface area contributed by atoms with Crippen molar-refractivity contribution in [2.24, 2.45) is 23.2 Å². The molecule has 240 valence electrons. The summed E-state index contributed by atoms with van der Waals surface area (Å²) in [7, 11) is 1.63. The van der Waals surface area contributed by atoms with Crippen molar-refractivity contribution >= 4 is 17.5 Å². The Morgan fingerprint density at radius 1 is 1.07 bits per heavy atom. The van der Waals surface area contributed by atoms with Gasteiger partial charge in [-0.25, -0.2) is 4.39 Å². The molecule has 5 rings (SSSR count). The second-order valence-corrected chi connectivity index (χ2v) is 13.6. The van der Waals surface area contributed by atoms with Crippen molar-refractivity contribution in [2.75, 3.05) is 32.1 Å². The molecule has 7 atom stereocenters. The van der Waals surface area contributed by atoms with Crippen molar-refractivity contribution in [2.45, 2.75) is 89.8 Å². The van der Waals surface area contributed by atoms with Gasteiger partial charge < -0.3 is 25.2 Å². The van der Waals surface area contributed by atoms with Crippen LogP contribution in [-0.2, 0) is 16.0 Å². The number of phenols is 1. The first-order valence-corrected chi connectivity index (χ1v) is 16.4. The number of aliphatic hydroxyl groups is 1. The van der Waals surface area contributed by atoms with Crippen LogP contribution in [0.15, 0.2) is 42.5 Å². The molecule has 2 aromatic rings. The number of nitrogens with one attached hydrogen (secondary N) is 1. The maximum atomic E-state index is 16.0. The minimum absolute atomic E-state index is 0.0496. The van der Waals surface area contributed by atoms with Crippen molar-refractivity contribution in [1.29, 1.82) is 0 Å². The standard InChI is InChI=1S/C36H49FN2O5/c1-23(40)38-27-11-9-24(10-12-27)35(43)39(18-19-44-3)17-7-5-4-6-8-25-20-26-21-28(41)13-14-29(26)34-31(37)22-36(2)30(33(25)34)15-16-32(36)42/h9-14,21,25,30-34,41-42H,4-8,15-20,22H2,1-3H3,(H,38,40)/t25-,30?,31+,32+,33?,34?,36+/m1/s1. The summed E-state index contributed by atoms with van der Waals surface area (Å²) in [5.41, 5.74) is 3.02. The predicted molar refractivity (Wildman–Crippen MR) is 169 cm³/mol. The van der Waals surface area contributed by atoms with E-state index in [2.05, 4.69) is 12.2 Å². The number of aliphatic hydroxyl groups excluding tert-OH is 1. The Morgan fingerprint density at radius 3 is 2.55 bits per heavy atom. The lowest BCUT2D eigenvalue weighted by Gasteiger charge is -2.54. The normalized spacial score (nSPS) is 28.9. The lowest BCUT2D eigenvalue weighted by Crippen LogP contribution is -2.51. The molecule has 2 amide bonds. The third-order valence-corrected chi connectivity index (χ3v) is 10.8. The van der Waals surface area contributed by atoms with E-state index in [0.717, 1.165) is 62.5 Å². The molecular formula is C36H49FN2O5. The first-order valence-electron chi connectivity index (χ1n) is 16.4. The van der Waals surface area contributed by atoms with Gasteiger partial charge in [-0.3, -0.25) is 9.59 Å². The lowest BCUT2D eigenvalue weighted by atomic mass is 9.51. The maximum absolute atomic E-state index is 16.0. The number of fused-ring (bicyclic) bond motifs is 5. The molecule has 2 fully saturated rings. The highest BCUT2D eigenvalue weighted by atomic mass is 19.1. The van der Waals surface area contributed by atoms with Gasteiger partial charge in [-0.05, 0) is 109 Å². The first-order chi connectivity index (χ1) is 21.1. The first kappa shape index (κ1) is 32.4. The van der Waals surface area contributed by atoms with Gasteiger partial charge in [-0.15, -0.1) is 0 Å². The van der Waals surface area contributed by atoms with Crippen LogP contribution in [0.2, 0.25) is 0 Å². The number of halogens is 1. The number of hydrogen-bond acceptors (Lipinski definition) is 5.